The molecule has 0 atom stereocenters. The molecule has 26 heavy (non-hydrogen) atoms. The van der Waals surface area contributed by atoms with E-state index < -0.39 is 0 Å². The fraction of sp³-hybridized carbons (Fsp3) is 0.158. The van der Waals surface area contributed by atoms with Crippen molar-refractivity contribution in [3.8, 4) is 5.75 Å². The van der Waals surface area contributed by atoms with Crippen molar-refractivity contribution in [1.29, 1.82) is 0 Å². The van der Waals surface area contributed by atoms with E-state index in [1.807, 2.05) is 71.3 Å². The second-order valence-electron chi connectivity index (χ2n) is 5.95. The molecule has 1 aliphatic heterocycles. The van der Waals surface area contributed by atoms with Gasteiger partial charge in [0.05, 0.1) is 6.54 Å². The van der Waals surface area contributed by atoms with Crippen LogP contribution in [0.1, 0.15) is 11.3 Å². The van der Waals surface area contributed by atoms with Gasteiger partial charge in [0.2, 0.25) is 0 Å². The minimum absolute atomic E-state index is 0.310. The number of ether oxygens (including phenoxy) is 1. The lowest BCUT2D eigenvalue weighted by Crippen LogP contribution is -2.46. The standard InChI is InChI=1S/C19H16BrN3O2S/c1-13-10-18(21-25-13)22-11-14-4-2-3-5-17(14)24-12-23(19(22)26)16-8-6-15(20)7-9-16/h2-10H,11-12H2,1H3. The van der Waals surface area contributed by atoms with Gasteiger partial charge in [-0.25, -0.2) is 0 Å². The van der Waals surface area contributed by atoms with Crippen LogP contribution in [0.4, 0.5) is 11.5 Å². The smallest absolute Gasteiger partial charge is 0.184 e. The molecule has 7 heteroatoms. The number of aromatic nitrogens is 1. The van der Waals surface area contributed by atoms with E-state index in [1.165, 1.54) is 0 Å². The topological polar surface area (TPSA) is 41.7 Å². The number of hydrogen-bond acceptors (Lipinski definition) is 4. The highest BCUT2D eigenvalue weighted by atomic mass is 79.9. The summed E-state index contributed by atoms with van der Waals surface area (Å²) in [6, 6.07) is 17.8. The van der Waals surface area contributed by atoms with Gasteiger partial charge in [0.1, 0.15) is 11.5 Å². The quantitative estimate of drug-likeness (QED) is 0.540. The van der Waals surface area contributed by atoms with E-state index in [0.717, 1.165) is 27.2 Å². The van der Waals surface area contributed by atoms with Crippen LogP contribution < -0.4 is 14.5 Å². The minimum Gasteiger partial charge on any atom is -0.472 e. The van der Waals surface area contributed by atoms with E-state index in [1.54, 1.807) is 0 Å². The average molecular weight is 430 g/mol. The van der Waals surface area contributed by atoms with Crippen LogP contribution in [0.25, 0.3) is 0 Å². The van der Waals surface area contributed by atoms with Gasteiger partial charge in [0.15, 0.2) is 17.7 Å². The molecule has 132 valence electrons. The average Bonchev–Trinajstić information content (AvgIpc) is 3.06. The summed E-state index contributed by atoms with van der Waals surface area (Å²) in [4.78, 5) is 3.91. The van der Waals surface area contributed by atoms with Gasteiger partial charge in [-0.05, 0) is 49.5 Å². The van der Waals surface area contributed by atoms with E-state index >= 15 is 0 Å². The first kappa shape index (κ1) is 17.1. The molecule has 2 heterocycles. The Morgan fingerprint density at radius 3 is 2.58 bits per heavy atom. The predicted octanol–water partition coefficient (Wildman–Crippen LogP) is 4.89. The molecule has 4 rings (SSSR count). The maximum absolute atomic E-state index is 6.04. The number of rotatable bonds is 2. The van der Waals surface area contributed by atoms with Crippen LogP contribution >= 0.6 is 28.1 Å². The first-order valence-electron chi connectivity index (χ1n) is 8.10. The van der Waals surface area contributed by atoms with Gasteiger partial charge >= 0.3 is 0 Å². The third-order valence-corrected chi connectivity index (χ3v) is 5.11. The highest BCUT2D eigenvalue weighted by Gasteiger charge is 2.26. The first-order valence-corrected chi connectivity index (χ1v) is 9.30. The summed E-state index contributed by atoms with van der Waals surface area (Å²) in [5, 5.41) is 4.77. The Morgan fingerprint density at radius 1 is 1.08 bits per heavy atom. The SMILES string of the molecule is Cc1cc(N2Cc3ccccc3OCN(c3ccc(Br)cc3)C2=S)no1. The number of para-hydroxylation sites is 1. The van der Waals surface area contributed by atoms with Gasteiger partial charge in [0, 0.05) is 21.8 Å². The predicted molar refractivity (Wildman–Crippen MR) is 109 cm³/mol. The molecule has 3 aromatic rings. The summed E-state index contributed by atoms with van der Waals surface area (Å²) >= 11 is 9.28. The molecule has 1 aromatic heterocycles. The number of aryl methyl sites for hydroxylation is 1. The number of benzene rings is 2. The molecule has 0 amide bonds. The Labute approximate surface area is 165 Å². The molecule has 0 radical (unpaired) electrons. The Balaban J connectivity index is 1.77. The zero-order valence-electron chi connectivity index (χ0n) is 14.1. The largest absolute Gasteiger partial charge is 0.472 e. The maximum atomic E-state index is 6.04. The van der Waals surface area contributed by atoms with Crippen LogP contribution in [-0.4, -0.2) is 17.0 Å². The molecular formula is C19H16BrN3O2S. The molecule has 0 bridgehead atoms. The fourth-order valence-corrected chi connectivity index (χ4v) is 3.39. The molecular weight excluding hydrogens is 414 g/mol. The minimum atomic E-state index is 0.310. The lowest BCUT2D eigenvalue weighted by molar-refractivity contribution is 0.323. The van der Waals surface area contributed by atoms with E-state index in [-0.39, 0.29) is 0 Å². The molecule has 0 unspecified atom stereocenters. The Morgan fingerprint density at radius 2 is 1.85 bits per heavy atom. The second-order valence-corrected chi connectivity index (χ2v) is 7.23. The Hall–Kier alpha value is -2.38. The number of hydrogen-bond donors (Lipinski definition) is 0. The van der Waals surface area contributed by atoms with Crippen molar-refractivity contribution in [2.45, 2.75) is 13.5 Å². The summed E-state index contributed by atoms with van der Waals surface area (Å²) < 4.78 is 12.3. The molecule has 0 aliphatic carbocycles. The first-order chi connectivity index (χ1) is 12.6. The number of halogens is 1. The molecule has 0 saturated carbocycles. The van der Waals surface area contributed by atoms with Crippen LogP contribution in [0.5, 0.6) is 5.75 Å². The van der Waals surface area contributed by atoms with Gasteiger partial charge in [-0.3, -0.25) is 9.80 Å². The van der Waals surface area contributed by atoms with Gasteiger partial charge in [-0.1, -0.05) is 39.3 Å². The Bertz CT molecular complexity index is 942. The van der Waals surface area contributed by atoms with E-state index in [0.29, 0.717) is 24.2 Å². The van der Waals surface area contributed by atoms with Crippen LogP contribution in [0, 0.1) is 6.92 Å². The summed E-state index contributed by atoms with van der Waals surface area (Å²) in [6.07, 6.45) is 0. The molecule has 0 saturated heterocycles. The number of anilines is 2. The molecule has 1 aliphatic rings. The van der Waals surface area contributed by atoms with Crippen LogP contribution in [0.2, 0.25) is 0 Å². The molecule has 2 aromatic carbocycles. The van der Waals surface area contributed by atoms with E-state index in [2.05, 4.69) is 21.1 Å². The molecule has 0 fully saturated rings. The third-order valence-electron chi connectivity index (χ3n) is 4.14. The highest BCUT2D eigenvalue weighted by molar-refractivity contribution is 9.10. The summed E-state index contributed by atoms with van der Waals surface area (Å²) in [5.74, 6) is 2.26. The number of nitrogens with zero attached hydrogens (tertiary/aromatic N) is 3. The maximum Gasteiger partial charge on any atom is 0.184 e. The van der Waals surface area contributed by atoms with E-state index in [4.69, 9.17) is 21.5 Å². The zero-order valence-corrected chi connectivity index (χ0v) is 16.5. The van der Waals surface area contributed by atoms with Crippen LogP contribution in [0.3, 0.4) is 0 Å². The summed E-state index contributed by atoms with van der Waals surface area (Å²) in [5.41, 5.74) is 1.99. The second kappa shape index (κ2) is 7.09. The summed E-state index contributed by atoms with van der Waals surface area (Å²) in [7, 11) is 0. The van der Waals surface area contributed by atoms with Gasteiger partial charge < -0.3 is 9.26 Å². The fourth-order valence-electron chi connectivity index (χ4n) is 2.81. The van der Waals surface area contributed by atoms with Gasteiger partial charge in [0.25, 0.3) is 0 Å². The monoisotopic (exact) mass is 429 g/mol. The normalized spacial score (nSPS) is 14.5. The number of fused-ring (bicyclic) bond motifs is 1. The van der Waals surface area contributed by atoms with Crippen molar-refractivity contribution >= 4 is 44.8 Å². The van der Waals surface area contributed by atoms with Crippen molar-refractivity contribution in [3.05, 3.63) is 70.4 Å². The number of thiocarbonyl (C=S) groups is 1. The lowest BCUT2D eigenvalue weighted by Gasteiger charge is -2.35. The van der Waals surface area contributed by atoms with Crippen molar-refractivity contribution in [1.82, 2.24) is 5.16 Å². The van der Waals surface area contributed by atoms with Crippen LogP contribution in [0.15, 0.2) is 63.6 Å². The van der Waals surface area contributed by atoms with Gasteiger partial charge in [-0.2, -0.15) is 0 Å². The molecule has 0 N–H and O–H groups in total. The summed E-state index contributed by atoms with van der Waals surface area (Å²) in [6.45, 7) is 2.73. The zero-order chi connectivity index (χ0) is 18.1. The van der Waals surface area contributed by atoms with Crippen molar-refractivity contribution < 1.29 is 9.26 Å². The highest BCUT2D eigenvalue weighted by Crippen LogP contribution is 2.29. The molecule has 5 nitrogen and oxygen atoms in total. The van der Waals surface area contributed by atoms with Gasteiger partial charge in [-0.15, -0.1) is 0 Å². The Kier molecular flexibility index (Phi) is 4.65. The van der Waals surface area contributed by atoms with Crippen LogP contribution in [-0.2, 0) is 6.54 Å². The molecule has 0 spiro atoms. The lowest BCUT2D eigenvalue weighted by atomic mass is 10.2. The third kappa shape index (κ3) is 3.32. The van der Waals surface area contributed by atoms with Crippen molar-refractivity contribution in [3.63, 3.8) is 0 Å². The van der Waals surface area contributed by atoms with Crippen molar-refractivity contribution in [2.75, 3.05) is 16.5 Å². The van der Waals surface area contributed by atoms with Crippen molar-refractivity contribution in [2.24, 2.45) is 0 Å². The van der Waals surface area contributed by atoms with E-state index in [9.17, 15) is 0 Å².